The van der Waals surface area contributed by atoms with Crippen molar-refractivity contribution >= 4 is 5.91 Å². The average molecular weight is 255 g/mol. The van der Waals surface area contributed by atoms with Crippen LogP contribution in [0, 0.1) is 5.92 Å². The Hall–Kier alpha value is -0.610. The minimum absolute atomic E-state index is 0.115. The summed E-state index contributed by atoms with van der Waals surface area (Å²) < 4.78 is 0. The van der Waals surface area contributed by atoms with Crippen molar-refractivity contribution in [2.75, 3.05) is 20.1 Å². The third-order valence-corrected chi connectivity index (χ3v) is 4.20. The summed E-state index contributed by atoms with van der Waals surface area (Å²) in [5.41, 5.74) is 5.83. The minimum atomic E-state index is 0.115. The van der Waals surface area contributed by atoms with E-state index in [1.54, 1.807) is 0 Å². The Labute approximate surface area is 111 Å². The second kappa shape index (κ2) is 7.74. The highest BCUT2D eigenvalue weighted by molar-refractivity contribution is 5.76. The van der Waals surface area contributed by atoms with Crippen LogP contribution < -0.4 is 11.1 Å². The molecule has 4 nitrogen and oxygen atoms in total. The van der Waals surface area contributed by atoms with Crippen molar-refractivity contribution in [2.45, 2.75) is 58.0 Å². The van der Waals surface area contributed by atoms with Crippen molar-refractivity contribution in [2.24, 2.45) is 11.7 Å². The SMILES string of the molecule is CCNC(=O)CC(CN)N(C)C1CCC(C)CC1. The van der Waals surface area contributed by atoms with Gasteiger partial charge in [-0.15, -0.1) is 0 Å². The molecule has 1 rings (SSSR count). The lowest BCUT2D eigenvalue weighted by Crippen LogP contribution is -2.47. The van der Waals surface area contributed by atoms with Crippen LogP contribution in [0.5, 0.6) is 0 Å². The molecule has 0 heterocycles. The van der Waals surface area contributed by atoms with Crippen LogP contribution >= 0.6 is 0 Å². The summed E-state index contributed by atoms with van der Waals surface area (Å²) in [7, 11) is 2.12. The standard InChI is InChI=1S/C14H29N3O/c1-4-16-14(18)9-13(10-15)17(3)12-7-5-11(2)6-8-12/h11-13H,4-10,15H2,1-3H3,(H,16,18). The monoisotopic (exact) mass is 255 g/mol. The van der Waals surface area contributed by atoms with Gasteiger partial charge in [0.15, 0.2) is 0 Å². The molecule has 106 valence electrons. The molecule has 1 atom stereocenters. The molecule has 1 aliphatic carbocycles. The Morgan fingerprint density at radius 2 is 2.00 bits per heavy atom. The Morgan fingerprint density at radius 1 is 1.39 bits per heavy atom. The summed E-state index contributed by atoms with van der Waals surface area (Å²) in [6.45, 7) is 5.52. The maximum Gasteiger partial charge on any atom is 0.221 e. The molecule has 0 saturated heterocycles. The maximum absolute atomic E-state index is 11.7. The number of amides is 1. The molecule has 0 bridgehead atoms. The van der Waals surface area contributed by atoms with Gasteiger partial charge >= 0.3 is 0 Å². The summed E-state index contributed by atoms with van der Waals surface area (Å²) >= 11 is 0. The first-order valence-electron chi connectivity index (χ1n) is 7.27. The van der Waals surface area contributed by atoms with Crippen molar-refractivity contribution in [3.63, 3.8) is 0 Å². The number of hydrogen-bond donors (Lipinski definition) is 2. The number of nitrogens with two attached hydrogens (primary N) is 1. The number of hydrogen-bond acceptors (Lipinski definition) is 3. The quantitative estimate of drug-likeness (QED) is 0.753. The van der Waals surface area contributed by atoms with Gasteiger partial charge in [-0.05, 0) is 45.6 Å². The molecule has 3 N–H and O–H groups in total. The second-order valence-corrected chi connectivity index (χ2v) is 5.63. The zero-order valence-corrected chi connectivity index (χ0v) is 12.1. The lowest BCUT2D eigenvalue weighted by atomic mass is 9.86. The molecule has 1 unspecified atom stereocenters. The largest absolute Gasteiger partial charge is 0.356 e. The predicted octanol–water partition coefficient (Wildman–Crippen LogP) is 1.35. The average Bonchev–Trinajstić information content (AvgIpc) is 2.36. The number of carbonyl (C=O) groups is 1. The first kappa shape index (κ1) is 15.4. The molecule has 0 aromatic rings. The molecule has 0 aromatic carbocycles. The number of rotatable bonds is 6. The van der Waals surface area contributed by atoms with Crippen LogP contribution in [0.3, 0.4) is 0 Å². The Kier molecular flexibility index (Phi) is 6.65. The zero-order valence-electron chi connectivity index (χ0n) is 12.1. The number of nitrogens with zero attached hydrogens (tertiary/aromatic N) is 1. The van der Waals surface area contributed by atoms with Crippen LogP contribution in [0.2, 0.25) is 0 Å². The summed E-state index contributed by atoms with van der Waals surface area (Å²) in [6, 6.07) is 0.777. The first-order valence-corrected chi connectivity index (χ1v) is 7.27. The molecule has 4 heteroatoms. The number of likely N-dealkylation sites (N-methyl/N-ethyl adjacent to an activating group) is 1. The van der Waals surface area contributed by atoms with Crippen LogP contribution in [0.15, 0.2) is 0 Å². The van der Waals surface area contributed by atoms with E-state index in [-0.39, 0.29) is 11.9 Å². The highest BCUT2D eigenvalue weighted by atomic mass is 16.1. The van der Waals surface area contributed by atoms with E-state index in [4.69, 9.17) is 5.73 Å². The normalized spacial score (nSPS) is 26.1. The molecule has 0 aliphatic heterocycles. The van der Waals surface area contributed by atoms with E-state index < -0.39 is 0 Å². The van der Waals surface area contributed by atoms with Gasteiger partial charge in [-0.2, -0.15) is 0 Å². The van der Waals surface area contributed by atoms with Gasteiger partial charge in [0.2, 0.25) is 5.91 Å². The second-order valence-electron chi connectivity index (χ2n) is 5.63. The third kappa shape index (κ3) is 4.58. The third-order valence-electron chi connectivity index (χ3n) is 4.20. The minimum Gasteiger partial charge on any atom is -0.356 e. The van der Waals surface area contributed by atoms with E-state index in [9.17, 15) is 4.79 Å². The van der Waals surface area contributed by atoms with Gasteiger partial charge in [0.25, 0.3) is 0 Å². The van der Waals surface area contributed by atoms with Gasteiger partial charge in [-0.1, -0.05) is 6.92 Å². The van der Waals surface area contributed by atoms with E-state index in [0.717, 1.165) is 5.92 Å². The van der Waals surface area contributed by atoms with Crippen LogP contribution in [-0.2, 0) is 4.79 Å². The van der Waals surface area contributed by atoms with E-state index in [2.05, 4.69) is 24.2 Å². The highest BCUT2D eigenvalue weighted by Gasteiger charge is 2.26. The van der Waals surface area contributed by atoms with Crippen LogP contribution in [-0.4, -0.2) is 43.0 Å². The van der Waals surface area contributed by atoms with Crippen molar-refractivity contribution < 1.29 is 4.79 Å². The molecule has 18 heavy (non-hydrogen) atoms. The van der Waals surface area contributed by atoms with Gasteiger partial charge in [0.1, 0.15) is 0 Å². The molecular weight excluding hydrogens is 226 g/mol. The Balaban J connectivity index is 2.45. The smallest absolute Gasteiger partial charge is 0.221 e. The van der Waals surface area contributed by atoms with Gasteiger partial charge in [-0.25, -0.2) is 0 Å². The fourth-order valence-electron chi connectivity index (χ4n) is 2.82. The maximum atomic E-state index is 11.7. The van der Waals surface area contributed by atoms with E-state index in [1.165, 1.54) is 25.7 Å². The molecule has 0 aromatic heterocycles. The van der Waals surface area contributed by atoms with E-state index >= 15 is 0 Å². The summed E-state index contributed by atoms with van der Waals surface area (Å²) in [6.07, 6.45) is 5.60. The topological polar surface area (TPSA) is 58.4 Å². The molecule has 0 radical (unpaired) electrons. The van der Waals surface area contributed by atoms with Gasteiger partial charge < -0.3 is 11.1 Å². The van der Waals surface area contributed by atoms with Crippen LogP contribution in [0.4, 0.5) is 0 Å². The molecule has 1 amide bonds. The summed E-state index contributed by atoms with van der Waals surface area (Å²) in [5, 5.41) is 2.85. The van der Waals surface area contributed by atoms with E-state index in [1.807, 2.05) is 6.92 Å². The Bertz CT molecular complexity index is 249. The summed E-state index contributed by atoms with van der Waals surface area (Å²) in [5.74, 6) is 0.971. The van der Waals surface area contributed by atoms with Gasteiger partial charge in [0, 0.05) is 31.6 Å². The van der Waals surface area contributed by atoms with Crippen molar-refractivity contribution in [3.8, 4) is 0 Å². The molecule has 1 aliphatic rings. The molecule has 1 fully saturated rings. The Morgan fingerprint density at radius 3 is 2.50 bits per heavy atom. The highest BCUT2D eigenvalue weighted by Crippen LogP contribution is 2.27. The zero-order chi connectivity index (χ0) is 13.5. The number of nitrogens with one attached hydrogen (secondary N) is 1. The lowest BCUT2D eigenvalue weighted by Gasteiger charge is -2.38. The van der Waals surface area contributed by atoms with E-state index in [0.29, 0.717) is 25.6 Å². The van der Waals surface area contributed by atoms with Crippen molar-refractivity contribution in [3.05, 3.63) is 0 Å². The summed E-state index contributed by atoms with van der Waals surface area (Å²) in [4.78, 5) is 14.0. The van der Waals surface area contributed by atoms with Crippen molar-refractivity contribution in [1.82, 2.24) is 10.2 Å². The fourth-order valence-corrected chi connectivity index (χ4v) is 2.82. The van der Waals surface area contributed by atoms with Crippen LogP contribution in [0.25, 0.3) is 0 Å². The van der Waals surface area contributed by atoms with Crippen molar-refractivity contribution in [1.29, 1.82) is 0 Å². The fraction of sp³-hybridized carbons (Fsp3) is 0.929. The van der Waals surface area contributed by atoms with Gasteiger partial charge in [-0.3, -0.25) is 9.69 Å². The molecule has 1 saturated carbocycles. The first-order chi connectivity index (χ1) is 8.58. The predicted molar refractivity (Wildman–Crippen MR) is 75.3 cm³/mol. The molecule has 0 spiro atoms. The molecular formula is C14H29N3O. The lowest BCUT2D eigenvalue weighted by molar-refractivity contribution is -0.122. The van der Waals surface area contributed by atoms with Gasteiger partial charge in [0.05, 0.1) is 0 Å². The van der Waals surface area contributed by atoms with Crippen LogP contribution in [0.1, 0.15) is 46.0 Å². The number of carbonyl (C=O) groups excluding carboxylic acids is 1.